The summed E-state index contributed by atoms with van der Waals surface area (Å²) in [6.45, 7) is 2.58. The van der Waals surface area contributed by atoms with Gasteiger partial charge in [0.2, 0.25) is 0 Å². The van der Waals surface area contributed by atoms with Gasteiger partial charge in [-0.25, -0.2) is 4.98 Å². The van der Waals surface area contributed by atoms with E-state index in [1.54, 1.807) is 0 Å². The number of aromatic nitrogens is 2. The van der Waals surface area contributed by atoms with Crippen molar-refractivity contribution in [3.8, 4) is 5.69 Å². The van der Waals surface area contributed by atoms with Crippen LogP contribution in [0.2, 0.25) is 0 Å². The molecule has 0 aliphatic carbocycles. The lowest BCUT2D eigenvalue weighted by Crippen LogP contribution is -2.07. The molecule has 1 aliphatic heterocycles. The number of fused-ring (bicyclic) bond motifs is 3. The summed E-state index contributed by atoms with van der Waals surface area (Å²) >= 11 is 0. The topological polar surface area (TPSA) is 30.2 Å². The standard InChI is InChI=1S/C18H11N3/c1-13-19-11-15-12-20-18(14-7-3-2-4-8-14)16-9-5-6-10-17(16)21(13)15/h2-3,6-7,10-11H,12H2,1H3. The summed E-state index contributed by atoms with van der Waals surface area (Å²) < 4.78 is 2.13. The molecule has 0 saturated carbocycles. The van der Waals surface area contributed by atoms with Crippen molar-refractivity contribution in [3.63, 3.8) is 0 Å². The van der Waals surface area contributed by atoms with Crippen molar-refractivity contribution in [3.05, 3.63) is 83.4 Å². The highest BCUT2D eigenvalue weighted by atomic mass is 15.1. The van der Waals surface area contributed by atoms with Crippen LogP contribution in [0.4, 0.5) is 0 Å². The minimum atomic E-state index is 0.585. The van der Waals surface area contributed by atoms with E-state index < -0.39 is 0 Å². The Morgan fingerprint density at radius 2 is 2.05 bits per heavy atom. The van der Waals surface area contributed by atoms with Crippen LogP contribution >= 0.6 is 0 Å². The van der Waals surface area contributed by atoms with Gasteiger partial charge in [-0.2, -0.15) is 0 Å². The lowest BCUT2D eigenvalue weighted by molar-refractivity contribution is 0.890. The summed E-state index contributed by atoms with van der Waals surface area (Å²) in [4.78, 5) is 9.13. The third-order valence-electron chi connectivity index (χ3n) is 3.57. The largest absolute Gasteiger partial charge is 0.298 e. The molecule has 1 aromatic heterocycles. The molecule has 0 saturated heterocycles. The maximum absolute atomic E-state index is 4.74. The van der Waals surface area contributed by atoms with Crippen LogP contribution in [0.15, 0.2) is 41.5 Å². The third-order valence-corrected chi connectivity index (χ3v) is 3.57. The maximum atomic E-state index is 4.74. The first-order valence-corrected chi connectivity index (χ1v) is 6.74. The van der Waals surface area contributed by atoms with Crippen molar-refractivity contribution in [2.45, 2.75) is 13.5 Å². The number of rotatable bonds is 1. The molecule has 0 spiro atoms. The predicted octanol–water partition coefficient (Wildman–Crippen LogP) is 2.73. The van der Waals surface area contributed by atoms with Crippen molar-refractivity contribution < 1.29 is 0 Å². The van der Waals surface area contributed by atoms with Crippen LogP contribution in [-0.2, 0) is 6.54 Å². The van der Waals surface area contributed by atoms with Crippen LogP contribution in [0.25, 0.3) is 5.69 Å². The maximum Gasteiger partial charge on any atom is 0.110 e. The van der Waals surface area contributed by atoms with Crippen LogP contribution < -0.4 is 0 Å². The van der Waals surface area contributed by atoms with Crippen LogP contribution in [0.1, 0.15) is 22.6 Å². The van der Waals surface area contributed by atoms with Gasteiger partial charge in [-0.3, -0.25) is 9.56 Å². The molecule has 0 fully saturated rings. The lowest BCUT2D eigenvalue weighted by atomic mass is 10.0. The minimum Gasteiger partial charge on any atom is -0.298 e. The Bertz CT molecular complexity index is 829. The van der Waals surface area contributed by atoms with Crippen molar-refractivity contribution in [1.82, 2.24) is 9.55 Å². The van der Waals surface area contributed by atoms with E-state index in [1.165, 1.54) is 0 Å². The summed E-state index contributed by atoms with van der Waals surface area (Å²) in [6.07, 6.45) is 1.88. The highest BCUT2D eigenvalue weighted by molar-refractivity contribution is 6.14. The second kappa shape index (κ2) is 4.51. The summed E-state index contributed by atoms with van der Waals surface area (Å²) in [5, 5.41) is 0. The summed E-state index contributed by atoms with van der Waals surface area (Å²) in [7, 11) is 0. The SMILES string of the molecule is Cc1ncc2n1-c1ccc#cc1C(c1c#cccc1)=NC2. The van der Waals surface area contributed by atoms with Gasteiger partial charge in [0.25, 0.3) is 0 Å². The molecule has 0 N–H and O–H groups in total. The number of nitrogens with zero attached hydrogens (tertiary/aromatic N) is 3. The average Bonchev–Trinajstić information content (AvgIpc) is 2.81. The van der Waals surface area contributed by atoms with Gasteiger partial charge in [-0.1, -0.05) is 30.3 Å². The number of aliphatic imine (C=N–C) groups is 1. The van der Waals surface area contributed by atoms with E-state index in [0.29, 0.717) is 6.54 Å². The highest BCUT2D eigenvalue weighted by Crippen LogP contribution is 2.24. The van der Waals surface area contributed by atoms with Crippen LogP contribution in [0.5, 0.6) is 0 Å². The van der Waals surface area contributed by atoms with E-state index in [4.69, 9.17) is 4.99 Å². The monoisotopic (exact) mass is 269 g/mol. The molecule has 0 atom stereocenters. The van der Waals surface area contributed by atoms with Gasteiger partial charge in [-0.15, -0.1) is 0 Å². The Hall–Kier alpha value is -3.04. The molecule has 0 bridgehead atoms. The average molecular weight is 269 g/mol. The van der Waals surface area contributed by atoms with Gasteiger partial charge in [0.1, 0.15) is 5.82 Å². The van der Waals surface area contributed by atoms with Crippen LogP contribution in [0.3, 0.4) is 0 Å². The molecule has 2 heterocycles. The van der Waals surface area contributed by atoms with E-state index in [-0.39, 0.29) is 0 Å². The van der Waals surface area contributed by atoms with Gasteiger partial charge in [0, 0.05) is 0 Å². The van der Waals surface area contributed by atoms with Crippen LogP contribution in [0, 0.1) is 31.2 Å². The summed E-state index contributed by atoms with van der Waals surface area (Å²) in [6, 6.07) is 22.0. The number of aryl methyl sites for hydroxylation is 1. The van der Waals surface area contributed by atoms with E-state index in [1.807, 2.05) is 43.5 Å². The Labute approximate surface area is 123 Å². The Morgan fingerprint density at radius 3 is 2.90 bits per heavy atom. The molecule has 2 aromatic carbocycles. The van der Waals surface area contributed by atoms with Gasteiger partial charge >= 0.3 is 0 Å². The fourth-order valence-electron chi connectivity index (χ4n) is 2.63. The molecule has 1 aliphatic rings. The first-order chi connectivity index (χ1) is 10.3. The Balaban J connectivity index is 1.99. The van der Waals surface area contributed by atoms with Gasteiger partial charge in [-0.05, 0) is 31.2 Å². The molecule has 3 aromatic rings. The molecule has 0 unspecified atom stereocenters. The molecule has 0 amide bonds. The third kappa shape index (κ3) is 1.80. The van der Waals surface area contributed by atoms with Gasteiger partial charge in [0.15, 0.2) is 0 Å². The molecule has 3 heteroatoms. The quantitative estimate of drug-likeness (QED) is 0.668. The van der Waals surface area contributed by atoms with E-state index in [0.717, 1.165) is 34.0 Å². The molecule has 98 valence electrons. The Kier molecular flexibility index (Phi) is 2.52. The second-order valence-corrected chi connectivity index (χ2v) is 4.87. The normalized spacial score (nSPS) is 12.3. The zero-order valence-electron chi connectivity index (χ0n) is 11.5. The van der Waals surface area contributed by atoms with Crippen molar-refractivity contribution >= 4 is 5.71 Å². The zero-order valence-corrected chi connectivity index (χ0v) is 11.5. The van der Waals surface area contributed by atoms with E-state index in [2.05, 4.69) is 33.8 Å². The zero-order chi connectivity index (χ0) is 14.2. The van der Waals surface area contributed by atoms with E-state index >= 15 is 0 Å². The number of hydrogen-bond acceptors (Lipinski definition) is 2. The molecular weight excluding hydrogens is 258 g/mol. The van der Waals surface area contributed by atoms with Crippen LogP contribution in [-0.4, -0.2) is 15.3 Å². The van der Waals surface area contributed by atoms with Crippen molar-refractivity contribution in [2.75, 3.05) is 0 Å². The van der Waals surface area contributed by atoms with Crippen molar-refractivity contribution in [1.29, 1.82) is 0 Å². The van der Waals surface area contributed by atoms with Crippen molar-refractivity contribution in [2.24, 2.45) is 4.99 Å². The highest BCUT2D eigenvalue weighted by Gasteiger charge is 2.20. The fourth-order valence-corrected chi connectivity index (χ4v) is 2.63. The number of imidazole rings is 1. The molecule has 3 nitrogen and oxygen atoms in total. The smallest absolute Gasteiger partial charge is 0.110 e. The van der Waals surface area contributed by atoms with Gasteiger partial charge in [0.05, 0.1) is 41.0 Å². The molecule has 21 heavy (non-hydrogen) atoms. The molecular formula is C18H11N3. The van der Waals surface area contributed by atoms with Gasteiger partial charge < -0.3 is 0 Å². The fraction of sp³-hybridized carbons (Fsp3) is 0.111. The number of hydrogen-bond donors (Lipinski definition) is 0. The first-order valence-electron chi connectivity index (χ1n) is 6.74. The summed E-state index contributed by atoms with van der Waals surface area (Å²) in [5.74, 6) is 0.950. The summed E-state index contributed by atoms with van der Waals surface area (Å²) in [5.41, 5.74) is 4.83. The minimum absolute atomic E-state index is 0.585. The first kappa shape index (κ1) is 11.8. The molecule has 0 radical (unpaired) electrons. The van der Waals surface area contributed by atoms with E-state index in [9.17, 15) is 0 Å². The predicted molar refractivity (Wildman–Crippen MR) is 79.4 cm³/mol. The molecule has 4 rings (SSSR count). The second-order valence-electron chi connectivity index (χ2n) is 4.87. The lowest BCUT2D eigenvalue weighted by Gasteiger charge is -2.09. The Morgan fingerprint density at radius 1 is 1.14 bits per heavy atom.